The highest BCUT2D eigenvalue weighted by Gasteiger charge is 2.40. The smallest absolute Gasteiger partial charge is 0.311 e. The summed E-state index contributed by atoms with van der Waals surface area (Å²) in [7, 11) is 1.76. The maximum absolute atomic E-state index is 12.7. The lowest BCUT2D eigenvalue weighted by molar-refractivity contribution is -0.142. The second kappa shape index (κ2) is 6.26. The molecule has 1 amide bonds. The van der Waals surface area contributed by atoms with Gasteiger partial charge >= 0.3 is 5.97 Å². The molecule has 1 aromatic heterocycles. The van der Waals surface area contributed by atoms with Crippen LogP contribution >= 0.6 is 0 Å². The largest absolute Gasteiger partial charge is 0.481 e. The highest BCUT2D eigenvalue weighted by Crippen LogP contribution is 2.23. The van der Waals surface area contributed by atoms with Crippen molar-refractivity contribution in [3.8, 4) is 0 Å². The maximum Gasteiger partial charge on any atom is 0.311 e. The SMILES string of the molecule is CCCN(C(=O)c1cn(C)nc1C)C1COCC1C(=O)O. The number of carboxylic acid groups (broad SMARTS) is 1. The Morgan fingerprint density at radius 3 is 2.76 bits per heavy atom. The van der Waals surface area contributed by atoms with Crippen molar-refractivity contribution in [2.45, 2.75) is 26.3 Å². The van der Waals surface area contributed by atoms with Crippen molar-refractivity contribution in [2.75, 3.05) is 19.8 Å². The number of carbonyl (C=O) groups is 2. The normalized spacial score (nSPS) is 21.5. The standard InChI is InChI=1S/C14H21N3O4/c1-4-5-17(12-8-21-7-11(12)14(19)20)13(18)10-6-16(3)15-9(10)2/h6,11-12H,4-5,7-8H2,1-3H3,(H,19,20). The number of aliphatic carboxylic acids is 1. The van der Waals surface area contributed by atoms with E-state index in [2.05, 4.69) is 5.10 Å². The molecule has 1 fully saturated rings. The molecule has 0 bridgehead atoms. The van der Waals surface area contributed by atoms with Gasteiger partial charge in [0.2, 0.25) is 0 Å². The molecule has 2 heterocycles. The molecule has 0 aliphatic carbocycles. The molecule has 1 N–H and O–H groups in total. The Balaban J connectivity index is 2.28. The number of carbonyl (C=O) groups excluding carboxylic acids is 1. The first-order valence-electron chi connectivity index (χ1n) is 7.07. The van der Waals surface area contributed by atoms with Crippen LogP contribution in [-0.4, -0.2) is 57.5 Å². The van der Waals surface area contributed by atoms with E-state index in [9.17, 15) is 14.7 Å². The minimum atomic E-state index is -0.922. The second-order valence-electron chi connectivity index (χ2n) is 5.35. The number of hydrogen-bond acceptors (Lipinski definition) is 4. The van der Waals surface area contributed by atoms with E-state index in [1.165, 1.54) is 0 Å². The van der Waals surface area contributed by atoms with Gasteiger partial charge in [0.15, 0.2) is 0 Å². The highest BCUT2D eigenvalue weighted by atomic mass is 16.5. The first kappa shape index (κ1) is 15.5. The summed E-state index contributed by atoms with van der Waals surface area (Å²) in [4.78, 5) is 25.7. The van der Waals surface area contributed by atoms with Crippen molar-refractivity contribution in [2.24, 2.45) is 13.0 Å². The summed E-state index contributed by atoms with van der Waals surface area (Å²) >= 11 is 0. The Morgan fingerprint density at radius 1 is 1.52 bits per heavy atom. The van der Waals surface area contributed by atoms with E-state index in [4.69, 9.17) is 4.74 Å². The summed E-state index contributed by atoms with van der Waals surface area (Å²) < 4.78 is 6.87. The molecule has 0 radical (unpaired) electrons. The van der Waals surface area contributed by atoms with Gasteiger partial charge in [-0.2, -0.15) is 5.10 Å². The first-order chi connectivity index (χ1) is 9.95. The molecular formula is C14H21N3O4. The highest BCUT2D eigenvalue weighted by molar-refractivity contribution is 5.95. The predicted octanol–water partition coefficient (Wildman–Crippen LogP) is 0.680. The lowest BCUT2D eigenvalue weighted by atomic mass is 10.0. The van der Waals surface area contributed by atoms with Crippen LogP contribution in [0.5, 0.6) is 0 Å². The molecule has 0 spiro atoms. The van der Waals surface area contributed by atoms with Crippen LogP contribution in [0.2, 0.25) is 0 Å². The average Bonchev–Trinajstić information content (AvgIpc) is 3.01. The molecule has 116 valence electrons. The molecule has 7 heteroatoms. The molecule has 0 aromatic carbocycles. The summed E-state index contributed by atoms with van der Waals surface area (Å²) in [5.74, 6) is -1.77. The first-order valence-corrected chi connectivity index (χ1v) is 7.07. The van der Waals surface area contributed by atoms with Crippen molar-refractivity contribution in [1.82, 2.24) is 14.7 Å². The molecule has 2 unspecified atom stereocenters. The Hall–Kier alpha value is -1.89. The van der Waals surface area contributed by atoms with Gasteiger partial charge in [-0.25, -0.2) is 0 Å². The van der Waals surface area contributed by atoms with Crippen LogP contribution < -0.4 is 0 Å². The molecule has 1 aromatic rings. The van der Waals surface area contributed by atoms with Gasteiger partial charge in [-0.05, 0) is 13.3 Å². The summed E-state index contributed by atoms with van der Waals surface area (Å²) in [6.07, 6.45) is 2.43. The van der Waals surface area contributed by atoms with Gasteiger partial charge in [0.1, 0.15) is 5.92 Å². The predicted molar refractivity (Wildman–Crippen MR) is 75.0 cm³/mol. The average molecular weight is 295 g/mol. The van der Waals surface area contributed by atoms with Gasteiger partial charge in [-0.15, -0.1) is 0 Å². The maximum atomic E-state index is 12.7. The van der Waals surface area contributed by atoms with E-state index in [1.807, 2.05) is 6.92 Å². The third-order valence-corrected chi connectivity index (χ3v) is 3.74. The Morgan fingerprint density at radius 2 is 2.24 bits per heavy atom. The van der Waals surface area contributed by atoms with E-state index >= 15 is 0 Å². The zero-order chi connectivity index (χ0) is 15.6. The fraction of sp³-hybridized carbons (Fsp3) is 0.643. The van der Waals surface area contributed by atoms with Crippen LogP contribution in [0.25, 0.3) is 0 Å². The van der Waals surface area contributed by atoms with Crippen LogP contribution in [0.15, 0.2) is 6.20 Å². The van der Waals surface area contributed by atoms with E-state index in [0.717, 1.165) is 6.42 Å². The van der Waals surface area contributed by atoms with Crippen molar-refractivity contribution >= 4 is 11.9 Å². The number of aryl methyl sites for hydroxylation is 2. The van der Waals surface area contributed by atoms with E-state index in [-0.39, 0.29) is 19.1 Å². The third-order valence-electron chi connectivity index (χ3n) is 3.74. The number of hydrogen-bond donors (Lipinski definition) is 1. The minimum absolute atomic E-state index is 0.152. The van der Waals surface area contributed by atoms with Crippen molar-refractivity contribution in [3.05, 3.63) is 17.5 Å². The van der Waals surface area contributed by atoms with Crippen LogP contribution in [0.3, 0.4) is 0 Å². The number of amides is 1. The van der Waals surface area contributed by atoms with Crippen molar-refractivity contribution in [3.63, 3.8) is 0 Å². The molecular weight excluding hydrogens is 274 g/mol. The van der Waals surface area contributed by atoms with E-state index < -0.39 is 17.9 Å². The van der Waals surface area contributed by atoms with Crippen molar-refractivity contribution < 1.29 is 19.4 Å². The van der Waals surface area contributed by atoms with Gasteiger partial charge in [-0.3, -0.25) is 14.3 Å². The third kappa shape index (κ3) is 3.07. The molecule has 2 rings (SSSR count). The number of carboxylic acids is 1. The van der Waals surface area contributed by atoms with Crippen LogP contribution in [-0.2, 0) is 16.6 Å². The molecule has 0 saturated carbocycles. The molecule has 1 saturated heterocycles. The molecule has 1 aliphatic heterocycles. The second-order valence-corrected chi connectivity index (χ2v) is 5.35. The fourth-order valence-corrected chi connectivity index (χ4v) is 2.71. The zero-order valence-electron chi connectivity index (χ0n) is 12.6. The fourth-order valence-electron chi connectivity index (χ4n) is 2.71. The van der Waals surface area contributed by atoms with Gasteiger partial charge < -0.3 is 14.7 Å². The zero-order valence-corrected chi connectivity index (χ0v) is 12.6. The summed E-state index contributed by atoms with van der Waals surface area (Å²) in [5.41, 5.74) is 1.16. The quantitative estimate of drug-likeness (QED) is 0.863. The van der Waals surface area contributed by atoms with Crippen LogP contribution in [0.4, 0.5) is 0 Å². The minimum Gasteiger partial charge on any atom is -0.481 e. The molecule has 21 heavy (non-hydrogen) atoms. The monoisotopic (exact) mass is 295 g/mol. The van der Waals surface area contributed by atoms with Crippen molar-refractivity contribution in [1.29, 1.82) is 0 Å². The van der Waals surface area contributed by atoms with Gasteiger partial charge in [-0.1, -0.05) is 6.92 Å². The summed E-state index contributed by atoms with van der Waals surface area (Å²) in [6, 6.07) is -0.422. The van der Waals surface area contributed by atoms with Crippen LogP contribution in [0.1, 0.15) is 29.4 Å². The van der Waals surface area contributed by atoms with Gasteiger partial charge in [0.05, 0.1) is 30.5 Å². The van der Waals surface area contributed by atoms with Gasteiger partial charge in [0, 0.05) is 19.8 Å². The number of nitrogens with zero attached hydrogens (tertiary/aromatic N) is 3. The summed E-state index contributed by atoms with van der Waals surface area (Å²) in [6.45, 7) is 4.66. The van der Waals surface area contributed by atoms with Crippen LogP contribution in [0, 0.1) is 12.8 Å². The lowest BCUT2D eigenvalue weighted by Crippen LogP contribution is -2.47. The molecule has 2 atom stereocenters. The van der Waals surface area contributed by atoms with E-state index in [0.29, 0.717) is 17.8 Å². The Labute approximate surface area is 123 Å². The molecule has 1 aliphatic rings. The number of ether oxygens (including phenoxy) is 1. The molecule has 7 nitrogen and oxygen atoms in total. The Bertz CT molecular complexity index is 540. The lowest BCUT2D eigenvalue weighted by Gasteiger charge is -2.30. The van der Waals surface area contributed by atoms with E-state index in [1.54, 1.807) is 29.7 Å². The number of rotatable bonds is 5. The number of aromatic nitrogens is 2. The summed E-state index contributed by atoms with van der Waals surface area (Å²) in [5, 5.41) is 13.5. The van der Waals surface area contributed by atoms with Gasteiger partial charge in [0.25, 0.3) is 5.91 Å². The topological polar surface area (TPSA) is 84.7 Å². The Kier molecular flexibility index (Phi) is 4.62.